The van der Waals surface area contributed by atoms with Gasteiger partial charge in [0.05, 0.1) is 0 Å². The molecule has 0 N–H and O–H groups in total. The van der Waals surface area contributed by atoms with Crippen molar-refractivity contribution in [3.63, 3.8) is 0 Å². The van der Waals surface area contributed by atoms with Crippen molar-refractivity contribution in [1.29, 1.82) is 0 Å². The molecule has 1 nitrogen and oxygen atoms in total. The van der Waals surface area contributed by atoms with Crippen LogP contribution in [0.2, 0.25) is 0 Å². The van der Waals surface area contributed by atoms with Gasteiger partial charge >= 0.3 is 0 Å². The molecule has 2 atom stereocenters. The standard InChI is InChI=1S/C18H20BrN/c1-20(2)16-11-14-6-3-4-9-17(14)18(12-16)13-7-5-8-15(19)10-13/h3-10,16,18H,11-12H2,1-2H3/t16-,18-/m0/s1. The summed E-state index contributed by atoms with van der Waals surface area (Å²) >= 11 is 3.60. The molecule has 0 saturated carbocycles. The molecule has 2 heteroatoms. The topological polar surface area (TPSA) is 3.24 Å². The Bertz CT molecular complexity index is 606. The Morgan fingerprint density at radius 3 is 2.60 bits per heavy atom. The minimum Gasteiger partial charge on any atom is -0.306 e. The van der Waals surface area contributed by atoms with Crippen molar-refractivity contribution in [3.05, 3.63) is 69.7 Å². The molecule has 0 unspecified atom stereocenters. The average Bonchev–Trinajstić information content (AvgIpc) is 2.46. The maximum Gasteiger partial charge on any atom is 0.0178 e. The molecule has 0 saturated heterocycles. The van der Waals surface area contributed by atoms with Crippen molar-refractivity contribution in [1.82, 2.24) is 4.90 Å². The van der Waals surface area contributed by atoms with Crippen LogP contribution in [0.15, 0.2) is 53.0 Å². The molecule has 0 fully saturated rings. The van der Waals surface area contributed by atoms with Crippen LogP contribution in [0.1, 0.15) is 29.0 Å². The van der Waals surface area contributed by atoms with Crippen LogP contribution in [0, 0.1) is 0 Å². The molecular weight excluding hydrogens is 310 g/mol. The van der Waals surface area contributed by atoms with Crippen molar-refractivity contribution in [3.8, 4) is 0 Å². The lowest BCUT2D eigenvalue weighted by atomic mass is 9.76. The van der Waals surface area contributed by atoms with Gasteiger partial charge in [0.25, 0.3) is 0 Å². The third-order valence-electron chi connectivity index (χ3n) is 4.38. The molecule has 0 radical (unpaired) electrons. The molecule has 0 aliphatic heterocycles. The molecule has 104 valence electrons. The Morgan fingerprint density at radius 2 is 1.85 bits per heavy atom. The molecule has 1 aliphatic carbocycles. The lowest BCUT2D eigenvalue weighted by molar-refractivity contribution is 0.258. The number of hydrogen-bond acceptors (Lipinski definition) is 1. The van der Waals surface area contributed by atoms with Gasteiger partial charge in [-0.25, -0.2) is 0 Å². The predicted molar refractivity (Wildman–Crippen MR) is 88.2 cm³/mol. The Kier molecular flexibility index (Phi) is 3.95. The van der Waals surface area contributed by atoms with E-state index in [9.17, 15) is 0 Å². The Hall–Kier alpha value is -1.12. The number of nitrogens with zero attached hydrogens (tertiary/aromatic N) is 1. The molecule has 0 amide bonds. The maximum atomic E-state index is 3.60. The molecule has 0 aromatic heterocycles. The highest BCUT2D eigenvalue weighted by Gasteiger charge is 2.28. The maximum absolute atomic E-state index is 3.60. The first kappa shape index (κ1) is 13.8. The van der Waals surface area contributed by atoms with Crippen LogP contribution in [0.4, 0.5) is 0 Å². The molecule has 0 bridgehead atoms. The summed E-state index contributed by atoms with van der Waals surface area (Å²) in [6.45, 7) is 0. The van der Waals surface area contributed by atoms with Gasteiger partial charge < -0.3 is 4.90 Å². The van der Waals surface area contributed by atoms with Crippen molar-refractivity contribution in [2.24, 2.45) is 0 Å². The van der Waals surface area contributed by atoms with Gasteiger partial charge in [-0.05, 0) is 55.8 Å². The summed E-state index contributed by atoms with van der Waals surface area (Å²) in [5.74, 6) is 0.504. The summed E-state index contributed by atoms with van der Waals surface area (Å²) in [6, 6.07) is 18.3. The highest BCUT2D eigenvalue weighted by Crippen LogP contribution is 2.38. The van der Waals surface area contributed by atoms with E-state index in [1.807, 2.05) is 0 Å². The van der Waals surface area contributed by atoms with E-state index in [1.165, 1.54) is 27.6 Å². The second-order valence-corrected chi connectivity index (χ2v) is 6.78. The molecule has 3 rings (SSSR count). The van der Waals surface area contributed by atoms with Gasteiger partial charge in [0.1, 0.15) is 0 Å². The SMILES string of the molecule is CN(C)[C@H]1Cc2ccccc2[C@H](c2cccc(Br)c2)C1. The Balaban J connectivity index is 2.05. The number of likely N-dealkylation sites (N-methyl/N-ethyl adjacent to an activating group) is 1. The quantitative estimate of drug-likeness (QED) is 0.786. The summed E-state index contributed by atoms with van der Waals surface area (Å²) in [5, 5.41) is 0. The summed E-state index contributed by atoms with van der Waals surface area (Å²) in [4.78, 5) is 2.36. The van der Waals surface area contributed by atoms with Crippen LogP contribution in [0.25, 0.3) is 0 Å². The molecule has 2 aromatic carbocycles. The minimum atomic E-state index is 0.504. The molecule has 20 heavy (non-hydrogen) atoms. The largest absolute Gasteiger partial charge is 0.306 e. The van der Waals surface area contributed by atoms with Crippen molar-refractivity contribution in [2.45, 2.75) is 24.8 Å². The summed E-state index contributed by atoms with van der Waals surface area (Å²) < 4.78 is 1.17. The average molecular weight is 330 g/mol. The lowest BCUT2D eigenvalue weighted by Crippen LogP contribution is -2.35. The summed E-state index contributed by atoms with van der Waals surface area (Å²) in [5.41, 5.74) is 4.42. The van der Waals surface area contributed by atoms with E-state index in [4.69, 9.17) is 0 Å². The van der Waals surface area contributed by atoms with E-state index >= 15 is 0 Å². The highest BCUT2D eigenvalue weighted by atomic mass is 79.9. The van der Waals surface area contributed by atoms with Crippen LogP contribution in [-0.2, 0) is 6.42 Å². The number of benzene rings is 2. The van der Waals surface area contributed by atoms with E-state index in [0.717, 1.165) is 6.42 Å². The normalized spacial score (nSPS) is 21.8. The van der Waals surface area contributed by atoms with E-state index in [-0.39, 0.29) is 0 Å². The number of halogens is 1. The van der Waals surface area contributed by atoms with E-state index in [2.05, 4.69) is 83.5 Å². The van der Waals surface area contributed by atoms with E-state index < -0.39 is 0 Å². The first-order valence-corrected chi connectivity index (χ1v) is 7.94. The Morgan fingerprint density at radius 1 is 1.05 bits per heavy atom. The van der Waals surface area contributed by atoms with Crippen LogP contribution < -0.4 is 0 Å². The first-order chi connectivity index (χ1) is 9.65. The van der Waals surface area contributed by atoms with Crippen LogP contribution in [0.3, 0.4) is 0 Å². The van der Waals surface area contributed by atoms with Gasteiger partial charge in [-0.15, -0.1) is 0 Å². The number of rotatable bonds is 2. The zero-order valence-electron chi connectivity index (χ0n) is 12.0. The van der Waals surface area contributed by atoms with Gasteiger partial charge in [-0.1, -0.05) is 52.3 Å². The second-order valence-electron chi connectivity index (χ2n) is 5.86. The molecule has 2 aromatic rings. The predicted octanol–water partition coefficient (Wildman–Crippen LogP) is 4.46. The minimum absolute atomic E-state index is 0.504. The molecule has 0 heterocycles. The molecular formula is C18H20BrN. The van der Waals surface area contributed by atoms with Gasteiger partial charge in [0.2, 0.25) is 0 Å². The fourth-order valence-corrected chi connectivity index (χ4v) is 3.65. The van der Waals surface area contributed by atoms with Crippen LogP contribution in [-0.4, -0.2) is 25.0 Å². The van der Waals surface area contributed by atoms with Gasteiger partial charge in [-0.3, -0.25) is 0 Å². The molecule has 0 spiro atoms. The van der Waals surface area contributed by atoms with Gasteiger partial charge in [-0.2, -0.15) is 0 Å². The summed E-state index contributed by atoms with van der Waals surface area (Å²) in [7, 11) is 4.38. The van der Waals surface area contributed by atoms with Crippen molar-refractivity contribution in [2.75, 3.05) is 14.1 Å². The summed E-state index contributed by atoms with van der Waals surface area (Å²) in [6.07, 6.45) is 2.36. The first-order valence-electron chi connectivity index (χ1n) is 7.15. The van der Waals surface area contributed by atoms with Crippen LogP contribution >= 0.6 is 15.9 Å². The zero-order valence-corrected chi connectivity index (χ0v) is 13.6. The van der Waals surface area contributed by atoms with E-state index in [1.54, 1.807) is 0 Å². The Labute approximate surface area is 129 Å². The number of fused-ring (bicyclic) bond motifs is 1. The van der Waals surface area contributed by atoms with Gasteiger partial charge in [0, 0.05) is 16.4 Å². The fraction of sp³-hybridized carbons (Fsp3) is 0.333. The third kappa shape index (κ3) is 2.68. The smallest absolute Gasteiger partial charge is 0.0178 e. The monoisotopic (exact) mass is 329 g/mol. The highest BCUT2D eigenvalue weighted by molar-refractivity contribution is 9.10. The van der Waals surface area contributed by atoms with Crippen molar-refractivity contribution < 1.29 is 0 Å². The van der Waals surface area contributed by atoms with E-state index in [0.29, 0.717) is 12.0 Å². The van der Waals surface area contributed by atoms with Crippen LogP contribution in [0.5, 0.6) is 0 Å². The molecule has 1 aliphatic rings. The fourth-order valence-electron chi connectivity index (χ4n) is 3.23. The number of hydrogen-bond donors (Lipinski definition) is 0. The van der Waals surface area contributed by atoms with Gasteiger partial charge in [0.15, 0.2) is 0 Å². The zero-order chi connectivity index (χ0) is 14.1. The third-order valence-corrected chi connectivity index (χ3v) is 4.87. The second kappa shape index (κ2) is 5.71. The van der Waals surface area contributed by atoms with Crippen molar-refractivity contribution >= 4 is 15.9 Å². The lowest BCUT2D eigenvalue weighted by Gasteiger charge is -2.35.